The first-order valence-corrected chi connectivity index (χ1v) is 14.0. The molecule has 2 aliphatic rings. The maximum Gasteiger partial charge on any atom is 0.331 e. The number of barbiturate groups is 1. The summed E-state index contributed by atoms with van der Waals surface area (Å²) in [6.07, 6.45) is 6.07. The fraction of sp³-hybridized carbons (Fsp3) is 0.300. The number of halogens is 1. The van der Waals surface area contributed by atoms with Crippen molar-refractivity contribution in [1.82, 2.24) is 10.2 Å². The normalized spacial score (nSPS) is 17.7. The van der Waals surface area contributed by atoms with Crippen molar-refractivity contribution in [1.29, 1.82) is 0 Å². The van der Waals surface area contributed by atoms with Gasteiger partial charge in [0.05, 0.1) is 10.2 Å². The summed E-state index contributed by atoms with van der Waals surface area (Å²) in [5.74, 6) is -0.109. The number of nitrogens with zero attached hydrogens (tertiary/aromatic N) is 1. The van der Waals surface area contributed by atoms with Gasteiger partial charge in [-0.25, -0.2) is 4.79 Å². The molecular weight excluding hydrogens is 595 g/mol. The number of carbonyl (C=O) groups is 3. The Morgan fingerprint density at radius 3 is 2.55 bits per heavy atom. The minimum Gasteiger partial charge on any atom is -0.490 e. The van der Waals surface area contributed by atoms with E-state index in [1.54, 1.807) is 6.07 Å². The van der Waals surface area contributed by atoms with Crippen molar-refractivity contribution in [3.8, 4) is 11.5 Å². The van der Waals surface area contributed by atoms with Crippen molar-refractivity contribution in [2.24, 2.45) is 0 Å². The number of imide groups is 2. The molecule has 3 aromatic carbocycles. The molecule has 0 radical (unpaired) electrons. The monoisotopic (exact) mass is 624 g/mol. The number of fused-ring (bicyclic) bond motifs is 1. The van der Waals surface area contributed by atoms with E-state index in [4.69, 9.17) is 9.47 Å². The molecule has 7 nitrogen and oxygen atoms in total. The number of carbonyl (C=O) groups excluding carboxylic acids is 3. The Hall–Kier alpha value is -3.40. The molecule has 5 rings (SSSR count). The predicted molar refractivity (Wildman–Crippen MR) is 154 cm³/mol. The molecule has 38 heavy (non-hydrogen) atoms. The van der Waals surface area contributed by atoms with Gasteiger partial charge in [0.25, 0.3) is 11.8 Å². The van der Waals surface area contributed by atoms with E-state index >= 15 is 0 Å². The number of ether oxygens (including phenoxy) is 2. The molecule has 3 aromatic rings. The number of benzene rings is 3. The van der Waals surface area contributed by atoms with Gasteiger partial charge in [-0.05, 0) is 82.5 Å². The van der Waals surface area contributed by atoms with Gasteiger partial charge in [0, 0.05) is 6.04 Å². The first-order chi connectivity index (χ1) is 18.5. The SMILES string of the molecule is CCOc1cc(C=C2C(=O)NC(=O)N(C3CCCCC3)C2=O)cc(I)c1OCc1cccc2ccccc12. The average Bonchev–Trinajstić information content (AvgIpc) is 2.91. The Labute approximate surface area is 235 Å². The average molecular weight is 624 g/mol. The fourth-order valence-corrected chi connectivity index (χ4v) is 5.93. The third kappa shape index (κ3) is 5.41. The van der Waals surface area contributed by atoms with Gasteiger partial charge < -0.3 is 9.47 Å². The molecule has 0 atom stereocenters. The summed E-state index contributed by atoms with van der Waals surface area (Å²) in [5.41, 5.74) is 1.62. The van der Waals surface area contributed by atoms with Crippen molar-refractivity contribution >= 4 is 57.3 Å². The number of nitrogens with one attached hydrogen (secondary N) is 1. The van der Waals surface area contributed by atoms with Gasteiger partial charge in [-0.15, -0.1) is 0 Å². The zero-order valence-electron chi connectivity index (χ0n) is 21.2. The van der Waals surface area contributed by atoms with Crippen LogP contribution in [0, 0.1) is 3.57 Å². The second-order valence-electron chi connectivity index (χ2n) is 9.47. The van der Waals surface area contributed by atoms with Gasteiger partial charge in [-0.1, -0.05) is 61.7 Å². The van der Waals surface area contributed by atoms with E-state index < -0.39 is 17.8 Å². The van der Waals surface area contributed by atoms with E-state index in [2.05, 4.69) is 46.1 Å². The van der Waals surface area contributed by atoms with Crippen LogP contribution in [0.5, 0.6) is 11.5 Å². The number of hydrogen-bond acceptors (Lipinski definition) is 5. The van der Waals surface area contributed by atoms with E-state index in [9.17, 15) is 14.4 Å². The highest BCUT2D eigenvalue weighted by Gasteiger charge is 2.40. The Morgan fingerprint density at radius 2 is 1.76 bits per heavy atom. The van der Waals surface area contributed by atoms with Gasteiger partial charge in [0.1, 0.15) is 12.2 Å². The molecule has 2 fully saturated rings. The highest BCUT2D eigenvalue weighted by atomic mass is 127. The van der Waals surface area contributed by atoms with E-state index in [0.29, 0.717) is 30.3 Å². The quantitative estimate of drug-likeness (QED) is 0.192. The molecule has 1 saturated carbocycles. The van der Waals surface area contributed by atoms with Crippen LogP contribution in [0.4, 0.5) is 4.79 Å². The van der Waals surface area contributed by atoms with Crippen molar-refractivity contribution in [2.75, 3.05) is 6.61 Å². The van der Waals surface area contributed by atoms with Crippen LogP contribution in [-0.2, 0) is 16.2 Å². The third-order valence-corrected chi connectivity index (χ3v) is 7.77. The summed E-state index contributed by atoms with van der Waals surface area (Å²) in [4.78, 5) is 39.7. The molecule has 8 heteroatoms. The summed E-state index contributed by atoms with van der Waals surface area (Å²) in [7, 11) is 0. The Kier molecular flexibility index (Phi) is 7.97. The molecular formula is C30H29IN2O5. The zero-order valence-corrected chi connectivity index (χ0v) is 23.3. The number of hydrogen-bond donors (Lipinski definition) is 1. The van der Waals surface area contributed by atoms with Crippen LogP contribution >= 0.6 is 22.6 Å². The number of amides is 4. The number of rotatable bonds is 7. The molecule has 1 aliphatic heterocycles. The first-order valence-electron chi connectivity index (χ1n) is 12.9. The van der Waals surface area contributed by atoms with Crippen molar-refractivity contribution in [3.05, 3.63) is 74.9 Å². The first kappa shape index (κ1) is 26.2. The van der Waals surface area contributed by atoms with E-state index in [0.717, 1.165) is 52.0 Å². The van der Waals surface area contributed by atoms with Crippen LogP contribution in [0.2, 0.25) is 0 Å². The van der Waals surface area contributed by atoms with Gasteiger partial charge in [-0.2, -0.15) is 0 Å². The predicted octanol–water partition coefficient (Wildman–Crippen LogP) is 6.22. The third-order valence-electron chi connectivity index (χ3n) is 6.97. The summed E-state index contributed by atoms with van der Waals surface area (Å²) >= 11 is 2.18. The maximum absolute atomic E-state index is 13.3. The summed E-state index contributed by atoms with van der Waals surface area (Å²) in [6.45, 7) is 2.67. The minimum atomic E-state index is -0.684. The molecule has 1 heterocycles. The Balaban J connectivity index is 1.43. The van der Waals surface area contributed by atoms with Gasteiger partial charge in [0.15, 0.2) is 11.5 Å². The van der Waals surface area contributed by atoms with Crippen molar-refractivity contribution < 1.29 is 23.9 Å². The molecule has 0 spiro atoms. The lowest BCUT2D eigenvalue weighted by molar-refractivity contribution is -0.132. The van der Waals surface area contributed by atoms with E-state index in [1.807, 2.05) is 37.3 Å². The fourth-order valence-electron chi connectivity index (χ4n) is 5.15. The minimum absolute atomic E-state index is 0.0576. The molecule has 0 unspecified atom stereocenters. The topological polar surface area (TPSA) is 84.9 Å². The van der Waals surface area contributed by atoms with Crippen LogP contribution < -0.4 is 14.8 Å². The highest BCUT2D eigenvalue weighted by molar-refractivity contribution is 14.1. The van der Waals surface area contributed by atoms with Crippen molar-refractivity contribution in [3.63, 3.8) is 0 Å². The molecule has 4 amide bonds. The molecule has 1 saturated heterocycles. The molecule has 196 valence electrons. The van der Waals surface area contributed by atoms with Gasteiger partial charge in [0.2, 0.25) is 0 Å². The van der Waals surface area contributed by atoms with Crippen LogP contribution in [0.15, 0.2) is 60.2 Å². The Bertz CT molecular complexity index is 1420. The molecule has 0 bridgehead atoms. The van der Waals surface area contributed by atoms with Crippen LogP contribution in [-0.4, -0.2) is 35.4 Å². The van der Waals surface area contributed by atoms with Crippen molar-refractivity contribution in [2.45, 2.75) is 51.7 Å². The Morgan fingerprint density at radius 1 is 1.00 bits per heavy atom. The molecule has 1 aliphatic carbocycles. The summed E-state index contributed by atoms with van der Waals surface area (Å²) < 4.78 is 12.9. The zero-order chi connectivity index (χ0) is 26.6. The lowest BCUT2D eigenvalue weighted by atomic mass is 9.93. The van der Waals surface area contributed by atoms with E-state index in [-0.39, 0.29) is 11.6 Å². The van der Waals surface area contributed by atoms with Crippen LogP contribution in [0.25, 0.3) is 16.8 Å². The van der Waals surface area contributed by atoms with Gasteiger partial charge >= 0.3 is 6.03 Å². The smallest absolute Gasteiger partial charge is 0.331 e. The van der Waals surface area contributed by atoms with E-state index in [1.165, 1.54) is 11.0 Å². The summed E-state index contributed by atoms with van der Waals surface area (Å²) in [6, 6.07) is 17.1. The van der Waals surface area contributed by atoms with Gasteiger partial charge in [-0.3, -0.25) is 19.8 Å². The number of urea groups is 1. The molecule has 1 N–H and O–H groups in total. The molecule has 0 aromatic heterocycles. The lowest BCUT2D eigenvalue weighted by Crippen LogP contribution is -2.58. The summed E-state index contributed by atoms with van der Waals surface area (Å²) in [5, 5.41) is 4.62. The van der Waals surface area contributed by atoms with Crippen LogP contribution in [0.3, 0.4) is 0 Å². The van der Waals surface area contributed by atoms with Crippen LogP contribution in [0.1, 0.15) is 50.2 Å². The maximum atomic E-state index is 13.3. The largest absolute Gasteiger partial charge is 0.490 e. The lowest BCUT2D eigenvalue weighted by Gasteiger charge is -2.35. The standard InChI is InChI=1S/C30H29IN2O5/c1-2-37-26-17-19(15-24-28(34)32-30(36)33(29(24)35)22-12-4-3-5-13-22)16-25(31)27(26)38-18-21-11-8-10-20-9-6-7-14-23(20)21/h6-11,14-17,22H,2-5,12-13,18H2,1H3,(H,32,34,36). The highest BCUT2D eigenvalue weighted by Crippen LogP contribution is 2.36. The second kappa shape index (κ2) is 11.6. The second-order valence-corrected chi connectivity index (χ2v) is 10.6.